The Morgan fingerprint density at radius 1 is 0.884 bits per heavy atom. The second kappa shape index (κ2) is 15.7. The highest BCUT2D eigenvalue weighted by Crippen LogP contribution is 2.23. The predicted molar refractivity (Wildman–Crippen MR) is 167 cm³/mol. The number of aliphatic hydroxyl groups excluding tert-OH is 1. The molecule has 0 radical (unpaired) electrons. The summed E-state index contributed by atoms with van der Waals surface area (Å²) in [5.74, 6) is -1.52. The Balaban J connectivity index is 1.55. The Bertz CT molecular complexity index is 1470. The van der Waals surface area contributed by atoms with Gasteiger partial charge in [0.1, 0.15) is 6.04 Å². The van der Waals surface area contributed by atoms with Crippen LogP contribution in [-0.2, 0) is 33.8 Å². The first-order chi connectivity index (χ1) is 20.8. The minimum Gasteiger partial charge on any atom is -0.394 e. The third-order valence-electron chi connectivity index (χ3n) is 7.42. The molecule has 9 nitrogen and oxygen atoms in total. The molecule has 9 heteroatoms. The first-order valence-electron chi connectivity index (χ1n) is 14.8. The quantitative estimate of drug-likeness (QED) is 0.146. The van der Waals surface area contributed by atoms with Crippen molar-refractivity contribution in [3.05, 3.63) is 102 Å². The lowest BCUT2D eigenvalue weighted by Gasteiger charge is -2.25. The highest BCUT2D eigenvalue weighted by molar-refractivity contribution is 5.92. The minimum absolute atomic E-state index is 0.0487. The largest absolute Gasteiger partial charge is 0.394 e. The number of aliphatic hydroxyl groups is 1. The third kappa shape index (κ3) is 9.51. The van der Waals surface area contributed by atoms with E-state index >= 15 is 0 Å². The summed E-state index contributed by atoms with van der Waals surface area (Å²) in [7, 11) is 0. The fraction of sp³-hybridized carbons (Fsp3) is 0.353. The molecule has 1 heterocycles. The van der Waals surface area contributed by atoms with Gasteiger partial charge in [0.2, 0.25) is 17.7 Å². The number of nitrogens with zero attached hydrogens (tertiary/aromatic N) is 1. The van der Waals surface area contributed by atoms with Gasteiger partial charge < -0.3 is 26.0 Å². The first-order valence-corrected chi connectivity index (χ1v) is 14.8. The average Bonchev–Trinajstić information content (AvgIpc) is 3.52. The van der Waals surface area contributed by atoms with Crippen molar-refractivity contribution in [2.45, 2.75) is 58.2 Å². The number of nitrogens with one attached hydrogen (secondary N) is 4. The van der Waals surface area contributed by atoms with Crippen molar-refractivity contribution in [1.29, 1.82) is 0 Å². The number of imidazole rings is 1. The van der Waals surface area contributed by atoms with Gasteiger partial charge in [-0.3, -0.25) is 14.4 Å². The van der Waals surface area contributed by atoms with Crippen LogP contribution >= 0.6 is 0 Å². The topological polar surface area (TPSA) is 136 Å². The molecule has 0 aliphatic heterocycles. The molecule has 0 bridgehead atoms. The van der Waals surface area contributed by atoms with E-state index in [9.17, 15) is 19.5 Å². The van der Waals surface area contributed by atoms with Gasteiger partial charge in [0.15, 0.2) is 0 Å². The molecule has 1 aromatic heterocycles. The SMILES string of the molecule is CC(C)C[C@@H](CO)NC(=O)[C@H](Cc1cnc[nH]1)NC(=O)C(CC(=O)NCc1ccccc1)Cc1cccc2ccccc12. The average molecular weight is 584 g/mol. The van der Waals surface area contributed by atoms with E-state index in [1.165, 1.54) is 6.33 Å². The zero-order valence-electron chi connectivity index (χ0n) is 24.8. The molecule has 226 valence electrons. The lowest BCUT2D eigenvalue weighted by atomic mass is 9.91. The van der Waals surface area contributed by atoms with Gasteiger partial charge in [0, 0.05) is 31.3 Å². The summed E-state index contributed by atoms with van der Waals surface area (Å²) >= 11 is 0. The van der Waals surface area contributed by atoms with Crippen LogP contribution in [0.5, 0.6) is 0 Å². The second-order valence-electron chi connectivity index (χ2n) is 11.4. The van der Waals surface area contributed by atoms with Gasteiger partial charge in [0.25, 0.3) is 0 Å². The second-order valence-corrected chi connectivity index (χ2v) is 11.4. The summed E-state index contributed by atoms with van der Waals surface area (Å²) < 4.78 is 0. The lowest BCUT2D eigenvalue weighted by molar-refractivity contribution is -0.133. The van der Waals surface area contributed by atoms with Crippen LogP contribution in [0.25, 0.3) is 10.8 Å². The molecule has 0 fully saturated rings. The molecule has 0 saturated carbocycles. The fourth-order valence-electron chi connectivity index (χ4n) is 5.25. The van der Waals surface area contributed by atoms with Crippen molar-refractivity contribution in [2.24, 2.45) is 11.8 Å². The normalized spacial score (nSPS) is 13.3. The Kier molecular flexibility index (Phi) is 11.4. The number of aromatic amines is 1. The number of fused-ring (bicyclic) bond motifs is 1. The van der Waals surface area contributed by atoms with E-state index in [1.54, 1.807) is 6.20 Å². The number of rotatable bonds is 15. The zero-order chi connectivity index (χ0) is 30.6. The fourth-order valence-corrected chi connectivity index (χ4v) is 5.25. The van der Waals surface area contributed by atoms with Crippen LogP contribution in [-0.4, -0.2) is 51.5 Å². The lowest BCUT2D eigenvalue weighted by Crippen LogP contribution is -2.53. The van der Waals surface area contributed by atoms with E-state index in [0.717, 1.165) is 21.9 Å². The number of amides is 3. The third-order valence-corrected chi connectivity index (χ3v) is 7.42. The molecule has 3 aromatic carbocycles. The van der Waals surface area contributed by atoms with E-state index < -0.39 is 29.8 Å². The van der Waals surface area contributed by atoms with Gasteiger partial charge in [-0.2, -0.15) is 0 Å². The molecule has 0 aliphatic rings. The van der Waals surface area contributed by atoms with Gasteiger partial charge in [-0.1, -0.05) is 86.6 Å². The standard InChI is InChI=1S/C34H41N5O4/c1-23(2)15-29(21-40)38-34(43)31(18-28-20-35-22-37-28)39-33(42)27(17-32(41)36-19-24-9-4-3-5-10-24)16-26-13-8-12-25-11-6-7-14-30(25)26/h3-14,20,22-23,27,29,31,40H,15-19,21H2,1-2H3,(H,35,37)(H,36,41)(H,38,43)(H,39,42)/t27?,29-,31-/m0/s1. The number of carbonyl (C=O) groups excluding carboxylic acids is 3. The molecule has 4 aromatic rings. The van der Waals surface area contributed by atoms with Crippen LogP contribution in [0.2, 0.25) is 0 Å². The van der Waals surface area contributed by atoms with Gasteiger partial charge >= 0.3 is 0 Å². The first kappa shape index (κ1) is 31.4. The van der Waals surface area contributed by atoms with Gasteiger partial charge in [-0.05, 0) is 40.7 Å². The molecule has 4 rings (SSSR count). The Hall–Kier alpha value is -4.50. The highest BCUT2D eigenvalue weighted by atomic mass is 16.3. The maximum absolute atomic E-state index is 13.9. The molecular weight excluding hydrogens is 542 g/mol. The number of aromatic nitrogens is 2. The Labute approximate surface area is 252 Å². The van der Waals surface area contributed by atoms with E-state index in [4.69, 9.17) is 0 Å². The molecule has 5 N–H and O–H groups in total. The summed E-state index contributed by atoms with van der Waals surface area (Å²) in [6.45, 7) is 4.17. The summed E-state index contributed by atoms with van der Waals surface area (Å²) in [6.07, 6.45) is 4.16. The number of hydrogen-bond acceptors (Lipinski definition) is 5. The van der Waals surface area contributed by atoms with Crippen molar-refractivity contribution in [1.82, 2.24) is 25.9 Å². The van der Waals surface area contributed by atoms with E-state index in [1.807, 2.05) is 86.6 Å². The van der Waals surface area contributed by atoms with Crippen LogP contribution in [0.3, 0.4) is 0 Å². The Morgan fingerprint density at radius 2 is 1.63 bits per heavy atom. The predicted octanol–water partition coefficient (Wildman–Crippen LogP) is 3.68. The minimum atomic E-state index is -0.934. The van der Waals surface area contributed by atoms with Crippen LogP contribution in [0.1, 0.15) is 43.5 Å². The van der Waals surface area contributed by atoms with Crippen molar-refractivity contribution in [2.75, 3.05) is 6.61 Å². The van der Waals surface area contributed by atoms with Crippen LogP contribution in [0, 0.1) is 11.8 Å². The number of benzene rings is 3. The van der Waals surface area contributed by atoms with E-state index in [0.29, 0.717) is 25.1 Å². The number of H-pyrrole nitrogens is 1. The van der Waals surface area contributed by atoms with Gasteiger partial charge in [-0.25, -0.2) is 4.98 Å². The summed E-state index contributed by atoms with van der Waals surface area (Å²) in [4.78, 5) is 47.5. The Morgan fingerprint density at radius 3 is 2.35 bits per heavy atom. The molecular formula is C34H41N5O4. The van der Waals surface area contributed by atoms with Crippen molar-refractivity contribution in [3.8, 4) is 0 Å². The summed E-state index contributed by atoms with van der Waals surface area (Å²) in [5, 5.41) is 20.7. The smallest absolute Gasteiger partial charge is 0.243 e. The molecule has 1 unspecified atom stereocenters. The van der Waals surface area contributed by atoms with Crippen molar-refractivity contribution in [3.63, 3.8) is 0 Å². The molecule has 3 atom stereocenters. The van der Waals surface area contributed by atoms with Gasteiger partial charge in [0.05, 0.1) is 24.9 Å². The highest BCUT2D eigenvalue weighted by Gasteiger charge is 2.29. The molecule has 0 aliphatic carbocycles. The summed E-state index contributed by atoms with van der Waals surface area (Å²) in [6, 6.07) is 22.1. The van der Waals surface area contributed by atoms with Gasteiger partial charge in [-0.15, -0.1) is 0 Å². The maximum atomic E-state index is 13.9. The van der Waals surface area contributed by atoms with Crippen molar-refractivity contribution < 1.29 is 19.5 Å². The van der Waals surface area contributed by atoms with Crippen LogP contribution in [0.4, 0.5) is 0 Å². The summed E-state index contributed by atoms with van der Waals surface area (Å²) in [5.41, 5.74) is 2.58. The molecule has 3 amide bonds. The van der Waals surface area contributed by atoms with E-state index in [2.05, 4.69) is 25.9 Å². The number of hydrogen-bond donors (Lipinski definition) is 5. The molecule has 43 heavy (non-hydrogen) atoms. The van der Waals surface area contributed by atoms with E-state index in [-0.39, 0.29) is 31.3 Å². The monoisotopic (exact) mass is 583 g/mol. The number of carbonyl (C=O) groups is 3. The van der Waals surface area contributed by atoms with Crippen LogP contribution in [0.15, 0.2) is 85.3 Å². The maximum Gasteiger partial charge on any atom is 0.243 e. The molecule has 0 saturated heterocycles. The molecule has 0 spiro atoms. The van der Waals surface area contributed by atoms with Crippen LogP contribution < -0.4 is 16.0 Å². The van der Waals surface area contributed by atoms with Crippen molar-refractivity contribution >= 4 is 28.5 Å². The zero-order valence-corrected chi connectivity index (χ0v) is 24.8.